The van der Waals surface area contributed by atoms with Gasteiger partial charge in [0.1, 0.15) is 5.69 Å². The molecule has 1 N–H and O–H groups in total. The third-order valence-corrected chi connectivity index (χ3v) is 4.91. The summed E-state index contributed by atoms with van der Waals surface area (Å²) in [5, 5.41) is 7.76. The van der Waals surface area contributed by atoms with E-state index in [0.717, 1.165) is 10.4 Å². The zero-order chi connectivity index (χ0) is 19.6. The van der Waals surface area contributed by atoms with Crippen LogP contribution in [0.2, 0.25) is 0 Å². The van der Waals surface area contributed by atoms with Crippen LogP contribution in [-0.4, -0.2) is 26.7 Å². The molecule has 27 heavy (non-hydrogen) atoms. The van der Waals surface area contributed by atoms with E-state index in [-0.39, 0.29) is 23.6 Å². The van der Waals surface area contributed by atoms with Crippen LogP contribution in [0.15, 0.2) is 47.3 Å². The average molecular weight is 382 g/mol. The van der Waals surface area contributed by atoms with Crippen molar-refractivity contribution in [1.29, 1.82) is 0 Å². The van der Waals surface area contributed by atoms with Crippen molar-refractivity contribution < 1.29 is 4.79 Å². The fraction of sp³-hybridized carbons (Fsp3) is 0.300. The van der Waals surface area contributed by atoms with Gasteiger partial charge < -0.3 is 5.32 Å². The number of nitrogens with zero attached hydrogens (tertiary/aromatic N) is 3. The Bertz CT molecular complexity index is 1010. The third-order valence-electron chi connectivity index (χ3n) is 3.84. The molecular weight excluding hydrogens is 360 g/mol. The molecule has 0 unspecified atom stereocenters. The van der Waals surface area contributed by atoms with Gasteiger partial charge in [0.15, 0.2) is 5.01 Å². The molecule has 0 aliphatic heterocycles. The first kappa shape index (κ1) is 19.0. The summed E-state index contributed by atoms with van der Waals surface area (Å²) in [5.41, 5.74) is 2.06. The Labute approximate surface area is 161 Å². The monoisotopic (exact) mass is 382 g/mol. The van der Waals surface area contributed by atoms with Crippen molar-refractivity contribution in [3.63, 3.8) is 0 Å². The molecule has 1 amide bonds. The van der Waals surface area contributed by atoms with E-state index in [2.05, 4.69) is 15.4 Å². The van der Waals surface area contributed by atoms with Crippen LogP contribution < -0.4 is 10.9 Å². The highest BCUT2D eigenvalue weighted by Crippen LogP contribution is 2.35. The zero-order valence-electron chi connectivity index (χ0n) is 15.8. The Hall–Kier alpha value is -2.80. The molecule has 0 radical (unpaired) electrons. The molecule has 6 nitrogen and oxygen atoms in total. The predicted molar refractivity (Wildman–Crippen MR) is 108 cm³/mol. The molecule has 0 fully saturated rings. The first-order valence-corrected chi connectivity index (χ1v) is 9.66. The van der Waals surface area contributed by atoms with Crippen molar-refractivity contribution in [1.82, 2.24) is 20.1 Å². The van der Waals surface area contributed by atoms with E-state index in [1.807, 2.05) is 58.0 Å². The van der Waals surface area contributed by atoms with Gasteiger partial charge >= 0.3 is 0 Å². The van der Waals surface area contributed by atoms with Crippen LogP contribution in [-0.2, 0) is 0 Å². The lowest BCUT2D eigenvalue weighted by Gasteiger charge is -2.09. The van der Waals surface area contributed by atoms with Crippen LogP contribution in [0.4, 0.5) is 0 Å². The minimum Gasteiger partial charge on any atom is -0.348 e. The molecule has 3 rings (SSSR count). The number of rotatable bonds is 5. The van der Waals surface area contributed by atoms with Crippen LogP contribution in [0, 0.1) is 0 Å². The summed E-state index contributed by atoms with van der Waals surface area (Å²) >= 11 is 1.28. The fourth-order valence-corrected chi connectivity index (χ4v) is 3.58. The van der Waals surface area contributed by atoms with E-state index in [4.69, 9.17) is 0 Å². The molecule has 0 bridgehead atoms. The largest absolute Gasteiger partial charge is 0.348 e. The van der Waals surface area contributed by atoms with Crippen LogP contribution in [0.25, 0.3) is 21.8 Å². The van der Waals surface area contributed by atoms with Gasteiger partial charge in [-0.25, -0.2) is 9.67 Å². The van der Waals surface area contributed by atoms with Crippen LogP contribution in [0.5, 0.6) is 0 Å². The van der Waals surface area contributed by atoms with Gasteiger partial charge in [0.05, 0.1) is 16.6 Å². The highest BCUT2D eigenvalue weighted by Gasteiger charge is 2.21. The standard InChI is InChI=1S/C20H22N4O2S/c1-12(2)21-19(26)20-22-17(14-8-6-5-7-9-14)18(27-20)15-10-11-16(25)24(23-15)13(3)4/h5-13H,1-4H3,(H,21,26). The molecule has 2 aromatic heterocycles. The smallest absolute Gasteiger partial charge is 0.280 e. The molecule has 0 spiro atoms. The fourth-order valence-electron chi connectivity index (χ4n) is 2.62. The van der Waals surface area contributed by atoms with E-state index in [1.165, 1.54) is 22.1 Å². The van der Waals surface area contributed by atoms with Crippen molar-refractivity contribution in [2.45, 2.75) is 39.8 Å². The number of hydrogen-bond donors (Lipinski definition) is 1. The highest BCUT2D eigenvalue weighted by molar-refractivity contribution is 7.17. The maximum atomic E-state index is 12.5. The van der Waals surface area contributed by atoms with Crippen molar-refractivity contribution in [3.8, 4) is 21.8 Å². The van der Waals surface area contributed by atoms with Crippen LogP contribution in [0.3, 0.4) is 0 Å². The molecule has 2 heterocycles. The molecule has 0 aliphatic rings. The third kappa shape index (κ3) is 4.14. The molecule has 1 aromatic carbocycles. The van der Waals surface area contributed by atoms with Crippen molar-refractivity contribution in [2.24, 2.45) is 0 Å². The normalized spacial score (nSPS) is 11.2. The second-order valence-corrected chi connectivity index (χ2v) is 7.79. The van der Waals surface area contributed by atoms with Gasteiger partial charge in [-0.3, -0.25) is 9.59 Å². The van der Waals surface area contributed by atoms with Gasteiger partial charge in [0.2, 0.25) is 0 Å². The SMILES string of the molecule is CC(C)NC(=O)c1nc(-c2ccccc2)c(-c2ccc(=O)n(C(C)C)n2)s1. The predicted octanol–water partition coefficient (Wildman–Crippen LogP) is 3.75. The Kier molecular flexibility index (Phi) is 5.51. The molecule has 0 aliphatic carbocycles. The molecular formula is C20H22N4O2S. The first-order valence-electron chi connectivity index (χ1n) is 8.84. The number of benzene rings is 1. The van der Waals surface area contributed by atoms with E-state index in [1.54, 1.807) is 6.07 Å². The van der Waals surface area contributed by atoms with Gasteiger partial charge in [0, 0.05) is 17.7 Å². The topological polar surface area (TPSA) is 76.9 Å². The van der Waals surface area contributed by atoms with E-state index in [0.29, 0.717) is 16.4 Å². The summed E-state index contributed by atoms with van der Waals surface area (Å²) in [4.78, 5) is 29.9. The summed E-state index contributed by atoms with van der Waals surface area (Å²) in [5.74, 6) is -0.212. The summed E-state index contributed by atoms with van der Waals surface area (Å²) in [6.45, 7) is 7.63. The molecule has 7 heteroatoms. The Balaban J connectivity index is 2.16. The molecule has 3 aromatic rings. The molecule has 0 saturated carbocycles. The lowest BCUT2D eigenvalue weighted by Crippen LogP contribution is -2.29. The number of nitrogens with one attached hydrogen (secondary N) is 1. The molecule has 140 valence electrons. The van der Waals surface area contributed by atoms with Crippen LogP contribution >= 0.6 is 11.3 Å². The number of amides is 1. The minimum absolute atomic E-state index is 0.0194. The van der Waals surface area contributed by atoms with E-state index in [9.17, 15) is 9.59 Å². The van der Waals surface area contributed by atoms with Crippen molar-refractivity contribution in [2.75, 3.05) is 0 Å². The Morgan fingerprint density at radius 3 is 2.41 bits per heavy atom. The maximum Gasteiger partial charge on any atom is 0.280 e. The average Bonchev–Trinajstić information content (AvgIpc) is 3.07. The second kappa shape index (κ2) is 7.84. The quantitative estimate of drug-likeness (QED) is 0.729. The number of hydrogen-bond acceptors (Lipinski definition) is 5. The lowest BCUT2D eigenvalue weighted by molar-refractivity contribution is 0.0943. The summed E-state index contributed by atoms with van der Waals surface area (Å²) in [6, 6.07) is 12.8. The highest BCUT2D eigenvalue weighted by atomic mass is 32.1. The zero-order valence-corrected chi connectivity index (χ0v) is 16.6. The Morgan fingerprint density at radius 1 is 1.07 bits per heavy atom. The first-order chi connectivity index (χ1) is 12.9. The minimum atomic E-state index is -0.212. The van der Waals surface area contributed by atoms with Crippen molar-refractivity contribution >= 4 is 17.2 Å². The second-order valence-electron chi connectivity index (χ2n) is 6.79. The number of carbonyl (C=O) groups is 1. The van der Waals surface area contributed by atoms with E-state index < -0.39 is 0 Å². The number of aromatic nitrogens is 3. The summed E-state index contributed by atoms with van der Waals surface area (Å²) in [6.07, 6.45) is 0. The maximum absolute atomic E-state index is 12.5. The van der Waals surface area contributed by atoms with Crippen LogP contribution in [0.1, 0.15) is 43.5 Å². The van der Waals surface area contributed by atoms with Gasteiger partial charge in [0.25, 0.3) is 11.5 Å². The number of thiazole rings is 1. The number of carbonyl (C=O) groups excluding carboxylic acids is 1. The van der Waals surface area contributed by atoms with Gasteiger partial charge in [-0.15, -0.1) is 11.3 Å². The molecule has 0 saturated heterocycles. The lowest BCUT2D eigenvalue weighted by atomic mass is 10.1. The van der Waals surface area contributed by atoms with E-state index >= 15 is 0 Å². The van der Waals surface area contributed by atoms with Crippen molar-refractivity contribution in [3.05, 3.63) is 57.8 Å². The van der Waals surface area contributed by atoms with Gasteiger partial charge in [-0.1, -0.05) is 30.3 Å². The van der Waals surface area contributed by atoms with Gasteiger partial charge in [-0.05, 0) is 33.8 Å². The molecule has 0 atom stereocenters. The Morgan fingerprint density at radius 2 is 1.78 bits per heavy atom. The van der Waals surface area contributed by atoms with Gasteiger partial charge in [-0.2, -0.15) is 5.10 Å². The summed E-state index contributed by atoms with van der Waals surface area (Å²) < 4.78 is 1.44. The summed E-state index contributed by atoms with van der Waals surface area (Å²) in [7, 11) is 0.